The fourth-order valence-corrected chi connectivity index (χ4v) is 1.65. The quantitative estimate of drug-likeness (QED) is 0.779. The van der Waals surface area contributed by atoms with Crippen LogP contribution in [0.2, 0.25) is 0 Å². The third-order valence-corrected chi connectivity index (χ3v) is 2.83. The number of benzene rings is 1. The minimum Gasteiger partial charge on any atom is -0.369 e. The summed E-state index contributed by atoms with van der Waals surface area (Å²) in [5.74, 6) is -0.487. The predicted molar refractivity (Wildman–Crippen MR) is 51.0 cm³/mol. The van der Waals surface area contributed by atoms with Crippen LogP contribution in [0.4, 0.5) is 4.39 Å². The van der Waals surface area contributed by atoms with E-state index in [0.717, 1.165) is 18.4 Å². The lowest BCUT2D eigenvalue weighted by Crippen LogP contribution is -2.26. The molecule has 0 atom stereocenters. The van der Waals surface area contributed by atoms with Crippen LogP contribution in [-0.2, 0) is 11.2 Å². The van der Waals surface area contributed by atoms with Crippen LogP contribution in [0.1, 0.15) is 18.4 Å². The van der Waals surface area contributed by atoms with Crippen LogP contribution in [0, 0.1) is 11.2 Å². The second-order valence-corrected chi connectivity index (χ2v) is 3.95. The van der Waals surface area contributed by atoms with Crippen molar-refractivity contribution in [2.24, 2.45) is 11.1 Å². The van der Waals surface area contributed by atoms with Crippen LogP contribution in [0.3, 0.4) is 0 Å². The highest BCUT2D eigenvalue weighted by atomic mass is 19.1. The summed E-state index contributed by atoms with van der Waals surface area (Å²) in [5.41, 5.74) is 5.94. The third kappa shape index (κ3) is 1.62. The number of hydrogen-bond acceptors (Lipinski definition) is 1. The molecule has 1 saturated carbocycles. The van der Waals surface area contributed by atoms with Crippen LogP contribution in [0.5, 0.6) is 0 Å². The van der Waals surface area contributed by atoms with Gasteiger partial charge in [-0.25, -0.2) is 4.39 Å². The fraction of sp³-hybridized carbons (Fsp3) is 0.364. The van der Waals surface area contributed by atoms with Crippen LogP contribution in [-0.4, -0.2) is 5.91 Å². The molecule has 0 aliphatic heterocycles. The summed E-state index contributed by atoms with van der Waals surface area (Å²) < 4.78 is 12.6. The van der Waals surface area contributed by atoms with E-state index in [1.165, 1.54) is 12.1 Å². The van der Waals surface area contributed by atoms with Gasteiger partial charge in [0.2, 0.25) is 5.91 Å². The second-order valence-electron chi connectivity index (χ2n) is 3.95. The van der Waals surface area contributed by atoms with E-state index in [9.17, 15) is 9.18 Å². The maximum Gasteiger partial charge on any atom is 0.223 e. The highest BCUT2D eigenvalue weighted by molar-refractivity contribution is 5.83. The number of primary amides is 1. The summed E-state index contributed by atoms with van der Waals surface area (Å²) in [5, 5.41) is 0. The van der Waals surface area contributed by atoms with Gasteiger partial charge in [0.15, 0.2) is 0 Å². The molecule has 0 bridgehead atoms. The molecule has 1 fully saturated rings. The molecule has 2 N–H and O–H groups in total. The van der Waals surface area contributed by atoms with Crippen molar-refractivity contribution in [1.29, 1.82) is 0 Å². The molecule has 2 rings (SSSR count). The van der Waals surface area contributed by atoms with Gasteiger partial charge in [0.1, 0.15) is 5.82 Å². The Bertz CT molecular complexity index is 354. The van der Waals surface area contributed by atoms with Crippen LogP contribution >= 0.6 is 0 Å². The summed E-state index contributed by atoms with van der Waals surface area (Å²) >= 11 is 0. The Balaban J connectivity index is 2.11. The molecule has 0 heterocycles. The number of halogens is 1. The van der Waals surface area contributed by atoms with Crippen molar-refractivity contribution in [3.63, 3.8) is 0 Å². The molecule has 0 radical (unpaired) electrons. The average Bonchev–Trinajstić information content (AvgIpc) is 2.90. The number of nitrogens with two attached hydrogens (primary N) is 1. The number of rotatable bonds is 3. The zero-order valence-corrected chi connectivity index (χ0v) is 7.79. The predicted octanol–water partition coefficient (Wildman–Crippen LogP) is 1.63. The first-order chi connectivity index (χ1) is 6.62. The van der Waals surface area contributed by atoms with E-state index in [-0.39, 0.29) is 17.1 Å². The van der Waals surface area contributed by atoms with Gasteiger partial charge >= 0.3 is 0 Å². The van der Waals surface area contributed by atoms with Gasteiger partial charge in [-0.3, -0.25) is 4.79 Å². The standard InChI is InChI=1S/C11H12FNO/c12-9-3-1-8(2-4-9)7-11(5-6-11)10(13)14/h1-4H,5-7H2,(H2,13,14). The molecule has 1 aromatic rings. The van der Waals surface area contributed by atoms with Gasteiger partial charge in [-0.05, 0) is 37.0 Å². The van der Waals surface area contributed by atoms with Crippen LogP contribution in [0.25, 0.3) is 0 Å². The molecule has 1 aliphatic carbocycles. The number of carbonyl (C=O) groups excluding carboxylic acids is 1. The molecule has 0 spiro atoms. The lowest BCUT2D eigenvalue weighted by Gasteiger charge is -2.09. The van der Waals surface area contributed by atoms with E-state index >= 15 is 0 Å². The molecular weight excluding hydrogens is 181 g/mol. The van der Waals surface area contributed by atoms with Crippen molar-refractivity contribution in [1.82, 2.24) is 0 Å². The minimum absolute atomic E-state index is 0.234. The first-order valence-electron chi connectivity index (χ1n) is 4.67. The minimum atomic E-state index is -0.335. The number of carbonyl (C=O) groups is 1. The topological polar surface area (TPSA) is 43.1 Å². The van der Waals surface area contributed by atoms with Crippen molar-refractivity contribution in [3.05, 3.63) is 35.6 Å². The normalized spacial score (nSPS) is 17.8. The highest BCUT2D eigenvalue weighted by Gasteiger charge is 2.48. The van der Waals surface area contributed by atoms with Crippen LogP contribution < -0.4 is 5.73 Å². The molecule has 0 saturated heterocycles. The number of amides is 1. The van der Waals surface area contributed by atoms with Gasteiger partial charge in [0.25, 0.3) is 0 Å². The largest absolute Gasteiger partial charge is 0.369 e. The van der Waals surface area contributed by atoms with E-state index in [1.54, 1.807) is 12.1 Å². The summed E-state index contributed by atoms with van der Waals surface area (Å²) in [7, 11) is 0. The van der Waals surface area contributed by atoms with E-state index in [4.69, 9.17) is 5.73 Å². The zero-order chi connectivity index (χ0) is 10.2. The fourth-order valence-electron chi connectivity index (χ4n) is 1.65. The van der Waals surface area contributed by atoms with Crippen molar-refractivity contribution < 1.29 is 9.18 Å². The van der Waals surface area contributed by atoms with Crippen molar-refractivity contribution >= 4 is 5.91 Å². The number of hydrogen-bond donors (Lipinski definition) is 1. The Morgan fingerprint density at radius 1 is 1.36 bits per heavy atom. The van der Waals surface area contributed by atoms with Gasteiger partial charge in [-0.15, -0.1) is 0 Å². The lowest BCUT2D eigenvalue weighted by molar-refractivity contribution is -0.123. The molecule has 0 unspecified atom stereocenters. The summed E-state index contributed by atoms with van der Waals surface area (Å²) in [6, 6.07) is 6.23. The Morgan fingerprint density at radius 2 is 1.93 bits per heavy atom. The van der Waals surface area contributed by atoms with Gasteiger partial charge < -0.3 is 5.73 Å². The highest BCUT2D eigenvalue weighted by Crippen LogP contribution is 2.47. The molecule has 2 nitrogen and oxygen atoms in total. The van der Waals surface area contributed by atoms with Gasteiger partial charge in [0.05, 0.1) is 5.41 Å². The van der Waals surface area contributed by atoms with Crippen LogP contribution in [0.15, 0.2) is 24.3 Å². The van der Waals surface area contributed by atoms with E-state index in [1.807, 2.05) is 0 Å². The Labute approximate surface area is 81.9 Å². The van der Waals surface area contributed by atoms with Crippen molar-refractivity contribution in [3.8, 4) is 0 Å². The van der Waals surface area contributed by atoms with Crippen molar-refractivity contribution in [2.45, 2.75) is 19.3 Å². The summed E-state index contributed by atoms with van der Waals surface area (Å²) in [4.78, 5) is 11.1. The van der Waals surface area contributed by atoms with Gasteiger partial charge in [0, 0.05) is 0 Å². The van der Waals surface area contributed by atoms with Gasteiger partial charge in [-0.2, -0.15) is 0 Å². The first-order valence-corrected chi connectivity index (χ1v) is 4.67. The van der Waals surface area contributed by atoms with E-state index < -0.39 is 0 Å². The molecular formula is C11H12FNO. The van der Waals surface area contributed by atoms with E-state index in [0.29, 0.717) is 6.42 Å². The molecule has 74 valence electrons. The molecule has 1 aliphatic rings. The first kappa shape index (κ1) is 9.19. The maximum absolute atomic E-state index is 12.6. The SMILES string of the molecule is NC(=O)C1(Cc2ccc(F)cc2)CC1. The summed E-state index contributed by atoms with van der Waals surface area (Å²) in [6.07, 6.45) is 2.36. The molecule has 3 heteroatoms. The monoisotopic (exact) mass is 193 g/mol. The zero-order valence-electron chi connectivity index (χ0n) is 7.79. The smallest absolute Gasteiger partial charge is 0.223 e. The molecule has 14 heavy (non-hydrogen) atoms. The Kier molecular flexibility index (Phi) is 2.02. The average molecular weight is 193 g/mol. The van der Waals surface area contributed by atoms with Gasteiger partial charge in [-0.1, -0.05) is 12.1 Å². The lowest BCUT2D eigenvalue weighted by atomic mass is 9.96. The van der Waals surface area contributed by atoms with E-state index in [2.05, 4.69) is 0 Å². The molecule has 1 aromatic carbocycles. The van der Waals surface area contributed by atoms with Crippen molar-refractivity contribution in [2.75, 3.05) is 0 Å². The molecule has 0 aromatic heterocycles. The maximum atomic E-state index is 12.6. The third-order valence-electron chi connectivity index (χ3n) is 2.83. The Morgan fingerprint density at radius 3 is 2.36 bits per heavy atom. The second kappa shape index (κ2) is 3.08. The molecule has 1 amide bonds. The summed E-state index contributed by atoms with van der Waals surface area (Å²) in [6.45, 7) is 0. The Hall–Kier alpha value is -1.38.